The molecule has 1 N–H and O–H groups in total. The first-order valence-corrected chi connectivity index (χ1v) is 4.28. The monoisotopic (exact) mass is 165 g/mol. The molecule has 0 spiro atoms. The predicted octanol–water partition coefficient (Wildman–Crippen LogP) is 1.99. The molecule has 0 fully saturated rings. The third kappa shape index (κ3) is 1.47. The van der Waals surface area contributed by atoms with Crippen molar-refractivity contribution < 1.29 is 5.11 Å². The van der Waals surface area contributed by atoms with Gasteiger partial charge in [0.1, 0.15) is 11.8 Å². The molecule has 1 rings (SSSR count). The van der Waals surface area contributed by atoms with Gasteiger partial charge in [-0.15, -0.1) is 11.8 Å². The predicted molar refractivity (Wildman–Crippen MR) is 44.6 cm³/mol. The molecule has 0 bridgehead atoms. The molecule has 56 valence electrons. The summed E-state index contributed by atoms with van der Waals surface area (Å²) in [5.41, 5.74) is 0.330. The van der Waals surface area contributed by atoms with Crippen molar-refractivity contribution in [2.45, 2.75) is 4.90 Å². The number of aromatic hydroxyl groups is 1. The second kappa shape index (κ2) is 3.31. The van der Waals surface area contributed by atoms with Crippen LogP contribution in [-0.4, -0.2) is 11.4 Å². The number of hydrogen-bond acceptors (Lipinski definition) is 3. The molecule has 1 aromatic carbocycles. The van der Waals surface area contributed by atoms with Gasteiger partial charge in [-0.25, -0.2) is 0 Å². The number of phenolic OH excluding ortho intramolecular Hbond substituents is 1. The highest BCUT2D eigenvalue weighted by Gasteiger charge is 2.03. The van der Waals surface area contributed by atoms with Crippen molar-refractivity contribution >= 4 is 11.8 Å². The van der Waals surface area contributed by atoms with Crippen LogP contribution < -0.4 is 0 Å². The zero-order valence-electron chi connectivity index (χ0n) is 6.03. The Kier molecular flexibility index (Phi) is 2.40. The Labute approximate surface area is 69.5 Å². The minimum atomic E-state index is 0.0856. The molecule has 0 aliphatic carbocycles. The van der Waals surface area contributed by atoms with Crippen LogP contribution in [0.5, 0.6) is 5.75 Å². The largest absolute Gasteiger partial charge is 0.505 e. The minimum Gasteiger partial charge on any atom is -0.505 e. The van der Waals surface area contributed by atoms with E-state index in [0.717, 1.165) is 4.90 Å². The topological polar surface area (TPSA) is 44.0 Å². The van der Waals surface area contributed by atoms with Gasteiger partial charge in [0.25, 0.3) is 0 Å². The van der Waals surface area contributed by atoms with E-state index in [2.05, 4.69) is 0 Å². The number of nitrogens with zero attached hydrogens (tertiary/aromatic N) is 1. The first kappa shape index (κ1) is 7.96. The SMILES string of the molecule is CSc1cccc(C#N)c1O. The van der Waals surface area contributed by atoms with Crippen molar-refractivity contribution in [3.8, 4) is 11.8 Å². The van der Waals surface area contributed by atoms with Gasteiger partial charge in [-0.2, -0.15) is 5.26 Å². The average Bonchev–Trinajstić information content (AvgIpc) is 2.05. The molecule has 0 unspecified atom stereocenters. The fraction of sp³-hybridized carbons (Fsp3) is 0.125. The summed E-state index contributed by atoms with van der Waals surface area (Å²) in [6.07, 6.45) is 1.86. The first-order chi connectivity index (χ1) is 5.29. The average molecular weight is 165 g/mol. The Bertz CT molecular complexity index is 303. The second-order valence-corrected chi connectivity index (χ2v) is 2.82. The van der Waals surface area contributed by atoms with E-state index in [9.17, 15) is 5.11 Å². The number of thioether (sulfide) groups is 1. The van der Waals surface area contributed by atoms with Gasteiger partial charge in [0, 0.05) is 0 Å². The van der Waals surface area contributed by atoms with Crippen LogP contribution in [0.1, 0.15) is 5.56 Å². The Morgan fingerprint density at radius 1 is 1.55 bits per heavy atom. The maximum atomic E-state index is 9.35. The van der Waals surface area contributed by atoms with E-state index in [1.165, 1.54) is 11.8 Å². The number of para-hydroxylation sites is 1. The molecule has 11 heavy (non-hydrogen) atoms. The number of nitriles is 1. The van der Waals surface area contributed by atoms with E-state index in [1.807, 2.05) is 12.3 Å². The lowest BCUT2D eigenvalue weighted by atomic mass is 10.2. The fourth-order valence-electron chi connectivity index (χ4n) is 0.777. The number of rotatable bonds is 1. The third-order valence-corrected chi connectivity index (χ3v) is 2.11. The fourth-order valence-corrected chi connectivity index (χ4v) is 1.30. The van der Waals surface area contributed by atoms with Crippen LogP contribution in [0.15, 0.2) is 23.1 Å². The lowest BCUT2D eigenvalue weighted by Crippen LogP contribution is -1.78. The van der Waals surface area contributed by atoms with E-state index in [0.29, 0.717) is 5.56 Å². The highest BCUT2D eigenvalue weighted by Crippen LogP contribution is 2.28. The van der Waals surface area contributed by atoms with Crippen LogP contribution >= 0.6 is 11.8 Å². The molecule has 0 saturated heterocycles. The van der Waals surface area contributed by atoms with Crippen LogP contribution in [0.2, 0.25) is 0 Å². The summed E-state index contributed by atoms with van der Waals surface area (Å²) < 4.78 is 0. The summed E-state index contributed by atoms with van der Waals surface area (Å²) in [5, 5.41) is 17.9. The molecule has 0 saturated carbocycles. The van der Waals surface area contributed by atoms with Gasteiger partial charge in [-0.05, 0) is 18.4 Å². The molecule has 0 aliphatic rings. The van der Waals surface area contributed by atoms with Crippen LogP contribution in [-0.2, 0) is 0 Å². The van der Waals surface area contributed by atoms with Crippen molar-refractivity contribution in [1.29, 1.82) is 5.26 Å². The van der Waals surface area contributed by atoms with Crippen molar-refractivity contribution in [2.75, 3.05) is 6.26 Å². The molecule has 3 heteroatoms. The number of hydrogen-bond donors (Lipinski definition) is 1. The van der Waals surface area contributed by atoms with Crippen molar-refractivity contribution in [3.63, 3.8) is 0 Å². The lowest BCUT2D eigenvalue weighted by molar-refractivity contribution is 0.460. The maximum absolute atomic E-state index is 9.35. The van der Waals surface area contributed by atoms with Crippen molar-refractivity contribution in [1.82, 2.24) is 0 Å². The molecule has 1 aromatic rings. The molecule has 0 atom stereocenters. The Balaban J connectivity index is 3.23. The highest BCUT2D eigenvalue weighted by molar-refractivity contribution is 7.98. The minimum absolute atomic E-state index is 0.0856. The summed E-state index contributed by atoms with van der Waals surface area (Å²) >= 11 is 1.42. The van der Waals surface area contributed by atoms with E-state index in [-0.39, 0.29) is 5.75 Å². The van der Waals surface area contributed by atoms with Gasteiger partial charge in [0.05, 0.1) is 10.5 Å². The molecular formula is C8H7NOS. The van der Waals surface area contributed by atoms with Gasteiger partial charge in [-0.3, -0.25) is 0 Å². The molecule has 0 aromatic heterocycles. The first-order valence-electron chi connectivity index (χ1n) is 3.05. The summed E-state index contributed by atoms with van der Waals surface area (Å²) in [7, 11) is 0. The Hall–Kier alpha value is -1.14. The lowest BCUT2D eigenvalue weighted by Gasteiger charge is -2.00. The van der Waals surface area contributed by atoms with E-state index >= 15 is 0 Å². The van der Waals surface area contributed by atoms with E-state index in [1.54, 1.807) is 18.2 Å². The molecule has 2 nitrogen and oxygen atoms in total. The van der Waals surface area contributed by atoms with Gasteiger partial charge in [0.15, 0.2) is 0 Å². The van der Waals surface area contributed by atoms with Crippen molar-refractivity contribution in [3.05, 3.63) is 23.8 Å². The van der Waals surface area contributed by atoms with Crippen LogP contribution in [0.25, 0.3) is 0 Å². The summed E-state index contributed by atoms with van der Waals surface area (Å²) in [6, 6.07) is 7.03. The van der Waals surface area contributed by atoms with Crippen LogP contribution in [0.3, 0.4) is 0 Å². The Morgan fingerprint density at radius 3 is 2.82 bits per heavy atom. The smallest absolute Gasteiger partial charge is 0.146 e. The van der Waals surface area contributed by atoms with E-state index in [4.69, 9.17) is 5.26 Å². The van der Waals surface area contributed by atoms with Gasteiger partial charge >= 0.3 is 0 Å². The number of phenols is 1. The summed E-state index contributed by atoms with van der Waals surface area (Å²) in [6.45, 7) is 0. The number of benzene rings is 1. The summed E-state index contributed by atoms with van der Waals surface area (Å²) in [5.74, 6) is 0.0856. The third-order valence-electron chi connectivity index (χ3n) is 1.34. The Morgan fingerprint density at radius 2 is 2.27 bits per heavy atom. The zero-order valence-corrected chi connectivity index (χ0v) is 6.85. The van der Waals surface area contributed by atoms with Gasteiger partial charge < -0.3 is 5.11 Å². The maximum Gasteiger partial charge on any atom is 0.146 e. The molecule has 0 heterocycles. The van der Waals surface area contributed by atoms with Crippen LogP contribution in [0.4, 0.5) is 0 Å². The molecule has 0 amide bonds. The van der Waals surface area contributed by atoms with Crippen molar-refractivity contribution in [2.24, 2.45) is 0 Å². The van der Waals surface area contributed by atoms with Gasteiger partial charge in [-0.1, -0.05) is 6.07 Å². The quantitative estimate of drug-likeness (QED) is 0.647. The molecule has 0 radical (unpaired) electrons. The van der Waals surface area contributed by atoms with Gasteiger partial charge in [0.2, 0.25) is 0 Å². The highest BCUT2D eigenvalue weighted by atomic mass is 32.2. The molecular weight excluding hydrogens is 158 g/mol. The van der Waals surface area contributed by atoms with E-state index < -0.39 is 0 Å². The van der Waals surface area contributed by atoms with Crippen LogP contribution in [0, 0.1) is 11.3 Å². The molecule has 0 aliphatic heterocycles. The zero-order chi connectivity index (χ0) is 8.27. The second-order valence-electron chi connectivity index (χ2n) is 1.97. The normalized spacial score (nSPS) is 9.09. The summed E-state index contributed by atoms with van der Waals surface area (Å²) in [4.78, 5) is 0.740. The standard InChI is InChI=1S/C8H7NOS/c1-11-7-4-2-3-6(5-9)8(7)10/h2-4,10H,1H3.